The Morgan fingerprint density at radius 2 is 0.548 bits per heavy atom. The van der Waals surface area contributed by atoms with Crippen molar-refractivity contribution in [2.75, 3.05) is 4.90 Å². The fraction of sp³-hybridized carbons (Fsp3) is 0.0172. The molecule has 0 N–H and O–H groups in total. The molecule has 1 aliphatic heterocycles. The molecule has 8 nitrogen and oxygen atoms in total. The van der Waals surface area contributed by atoms with E-state index in [-0.39, 0.29) is 12.0 Å². The molecule has 0 saturated heterocycles. The largest absolute Gasteiger partial charge is 0.333 e. The molecule has 6 aromatic heterocycles. The van der Waals surface area contributed by atoms with Crippen molar-refractivity contribution in [2.24, 2.45) is 0 Å². The third-order valence-electron chi connectivity index (χ3n) is 26.4. The third-order valence-corrected chi connectivity index (χ3v) is 26.4. The van der Waals surface area contributed by atoms with Gasteiger partial charge in [0.1, 0.15) is 0 Å². The fourth-order valence-corrected chi connectivity index (χ4v) is 20.8. The van der Waals surface area contributed by atoms with Crippen molar-refractivity contribution < 1.29 is 0 Å². The first-order chi connectivity index (χ1) is 61.5. The Kier molecular flexibility index (Phi) is 15.5. The molecule has 124 heavy (non-hydrogen) atoms. The number of anilines is 2. The third kappa shape index (κ3) is 10.8. The van der Waals surface area contributed by atoms with E-state index in [4.69, 9.17) is 9.97 Å². The lowest BCUT2D eigenvalue weighted by Gasteiger charge is -2.29. The van der Waals surface area contributed by atoms with Crippen molar-refractivity contribution in [1.82, 2.24) is 32.8 Å². The second-order valence-electron chi connectivity index (χ2n) is 33.1. The quantitative estimate of drug-likeness (QED) is 0.122. The Bertz CT molecular complexity index is 8400. The summed E-state index contributed by atoms with van der Waals surface area (Å²) in [7, 11) is 0. The normalized spacial score (nSPS) is 14.0. The van der Waals surface area contributed by atoms with Gasteiger partial charge < -0.3 is 27.7 Å². The van der Waals surface area contributed by atoms with Gasteiger partial charge in [-0.1, -0.05) is 249 Å². The van der Waals surface area contributed by atoms with Crippen LogP contribution in [0.25, 0.3) is 210 Å². The number of allylic oxidation sites excluding steroid dienone is 2. The van der Waals surface area contributed by atoms with E-state index >= 15 is 0 Å². The van der Waals surface area contributed by atoms with Crippen LogP contribution in [0.4, 0.5) is 11.4 Å². The molecule has 24 aromatic rings. The summed E-state index contributed by atoms with van der Waals surface area (Å²) in [5.41, 5.74) is 33.7. The molecule has 0 saturated carbocycles. The van der Waals surface area contributed by atoms with Crippen LogP contribution in [0.2, 0.25) is 0 Å². The lowest BCUT2D eigenvalue weighted by Crippen LogP contribution is -2.28. The lowest BCUT2D eigenvalue weighted by atomic mass is 9.86. The van der Waals surface area contributed by atoms with Crippen LogP contribution in [0, 0.1) is 0 Å². The molecule has 0 bridgehead atoms. The van der Waals surface area contributed by atoms with Crippen molar-refractivity contribution >= 4 is 137 Å². The van der Waals surface area contributed by atoms with Crippen molar-refractivity contribution in [1.29, 1.82) is 0 Å². The zero-order chi connectivity index (χ0) is 81.2. The molecule has 0 amide bonds. The van der Waals surface area contributed by atoms with Crippen molar-refractivity contribution in [3.63, 3.8) is 0 Å². The summed E-state index contributed by atoms with van der Waals surface area (Å²) in [6.45, 7) is 0. The van der Waals surface area contributed by atoms with Gasteiger partial charge in [0.25, 0.3) is 0 Å². The number of rotatable bonds is 12. The van der Waals surface area contributed by atoms with Gasteiger partial charge in [0.2, 0.25) is 0 Å². The van der Waals surface area contributed by atoms with E-state index in [1.54, 1.807) is 0 Å². The number of hydrogen-bond acceptors (Lipinski definition) is 3. The molecule has 2 atom stereocenters. The van der Waals surface area contributed by atoms with E-state index < -0.39 is 0 Å². The van der Waals surface area contributed by atoms with Crippen LogP contribution in [-0.4, -0.2) is 38.8 Å². The van der Waals surface area contributed by atoms with Gasteiger partial charge in [-0.15, -0.1) is 0 Å². The van der Waals surface area contributed by atoms with Crippen molar-refractivity contribution in [3.05, 3.63) is 448 Å². The first-order valence-corrected chi connectivity index (χ1v) is 42.7. The number of fused-ring (bicyclic) bond motifs is 19. The molecule has 578 valence electrons. The smallest absolute Gasteiger partial charge is 0.160 e. The summed E-state index contributed by atoms with van der Waals surface area (Å²) in [5, 5.41) is 12.9. The predicted octanol–water partition coefficient (Wildman–Crippen LogP) is 29.7. The molecule has 8 heteroatoms. The SMILES string of the molecule is C1=CC2C(C=C1c1ccc3c(c1)c1cc(-c4ccc5c(c4)c4ccccc4n5-c4ccccc4)ccc1n3-c1cccc(-c3nc(-c4ccccc4)c4cc(-n5c6ccc(-c7ccc8c(c7)c7ccccc7n8-c7ccccc7)cc6c6cc(-c7ccc8c(c7)c7ccccc7n8-c7ccccc7)ccc65)ccc4n3)c1)c1ccccc1N2c1ccccc1. The molecule has 0 spiro atoms. The Hall–Kier alpha value is -16.4. The van der Waals surface area contributed by atoms with Crippen LogP contribution in [0.3, 0.4) is 0 Å². The molecule has 2 unspecified atom stereocenters. The van der Waals surface area contributed by atoms with Crippen LogP contribution in [0.1, 0.15) is 17.0 Å². The molecule has 18 aromatic carbocycles. The van der Waals surface area contributed by atoms with Gasteiger partial charge in [0.05, 0.1) is 72.4 Å². The number of para-hydroxylation sites is 8. The topological polar surface area (TPSA) is 53.7 Å². The minimum absolute atomic E-state index is 0.152. The average Bonchev–Trinajstić information content (AvgIpc) is 1.58. The Labute approximate surface area is 714 Å². The van der Waals surface area contributed by atoms with Crippen LogP contribution >= 0.6 is 0 Å². The number of nitrogens with zero attached hydrogens (tertiary/aromatic N) is 8. The Balaban J connectivity index is 0.617. The summed E-state index contributed by atoms with van der Waals surface area (Å²) in [6, 6.07) is 154. The minimum atomic E-state index is 0.152. The lowest BCUT2D eigenvalue weighted by molar-refractivity contribution is 0.747. The summed E-state index contributed by atoms with van der Waals surface area (Å²) in [5.74, 6) is 0.814. The van der Waals surface area contributed by atoms with Gasteiger partial charge >= 0.3 is 0 Å². The van der Waals surface area contributed by atoms with Gasteiger partial charge in [-0.25, -0.2) is 9.97 Å². The second-order valence-corrected chi connectivity index (χ2v) is 33.1. The van der Waals surface area contributed by atoms with Gasteiger partial charge in [0.15, 0.2) is 5.82 Å². The standard InChI is InChI=1S/C116H74N8/c1-6-25-73(26-7-1)115-101-72-88(124-113-61-51-80(76-47-57-109-95(66-76)91-39-18-22-43-105(91)121(109)85-32-12-4-13-33-85)70-99(113)100-71-81(52-62-114(100)124)77-48-58-110-96(67-77)92-40-19-23-44-106(92)122(110)86-34-14-5-15-35-86)53-54-102(101)117-116(118-115)82-27-24-36-87(63-82)123-111-59-49-78(74-45-55-107-93(64-74)89-37-16-20-41-103(89)119(107)83-28-8-2-9-29-83)68-97(111)98-69-79(50-60-112(98)123)75-46-56-108-94(65-75)90-38-17-21-42-104(90)120(108)84-30-10-3-11-31-84/h1-72,93,107H. The van der Waals surface area contributed by atoms with E-state index in [2.05, 4.69) is 465 Å². The zero-order valence-electron chi connectivity index (χ0n) is 67.3. The first-order valence-electron chi connectivity index (χ1n) is 42.7. The van der Waals surface area contributed by atoms with E-state index in [9.17, 15) is 0 Å². The fourth-order valence-electron chi connectivity index (χ4n) is 20.8. The van der Waals surface area contributed by atoms with Crippen molar-refractivity contribution in [3.8, 4) is 84.5 Å². The summed E-state index contributed by atoms with van der Waals surface area (Å²) >= 11 is 0. The van der Waals surface area contributed by atoms with Crippen LogP contribution < -0.4 is 4.90 Å². The highest BCUT2D eigenvalue weighted by atomic mass is 15.2. The second kappa shape index (κ2) is 27.6. The number of hydrogen-bond donors (Lipinski definition) is 0. The first kappa shape index (κ1) is 69.5. The molecule has 0 radical (unpaired) electrons. The molecule has 7 heterocycles. The highest BCUT2D eigenvalue weighted by molar-refractivity contribution is 6.17. The molecule has 1 aliphatic carbocycles. The van der Waals surface area contributed by atoms with Crippen LogP contribution in [0.15, 0.2) is 437 Å². The van der Waals surface area contributed by atoms with E-state index in [0.717, 1.165) is 122 Å². The van der Waals surface area contributed by atoms with Gasteiger partial charge in [-0.2, -0.15) is 0 Å². The average molecular weight is 1580 g/mol. The Morgan fingerprint density at radius 1 is 0.210 bits per heavy atom. The van der Waals surface area contributed by atoms with E-state index in [1.807, 2.05) is 0 Å². The molecular formula is C116H74N8. The summed E-state index contributed by atoms with van der Waals surface area (Å²) < 4.78 is 12.1. The zero-order valence-corrected chi connectivity index (χ0v) is 67.3. The number of benzene rings is 18. The van der Waals surface area contributed by atoms with E-state index in [0.29, 0.717) is 5.82 Å². The predicted molar refractivity (Wildman–Crippen MR) is 517 cm³/mol. The number of aromatic nitrogens is 7. The minimum Gasteiger partial charge on any atom is -0.333 e. The Morgan fingerprint density at radius 3 is 1.00 bits per heavy atom. The maximum absolute atomic E-state index is 5.72. The van der Waals surface area contributed by atoms with Gasteiger partial charge in [-0.05, 0) is 238 Å². The van der Waals surface area contributed by atoms with Crippen LogP contribution in [0.5, 0.6) is 0 Å². The van der Waals surface area contributed by atoms with E-state index in [1.165, 1.54) is 104 Å². The molecule has 2 aliphatic rings. The molecular weight excluding hydrogens is 1510 g/mol. The molecule has 26 rings (SSSR count). The highest BCUT2D eigenvalue weighted by Gasteiger charge is 2.38. The highest BCUT2D eigenvalue weighted by Crippen LogP contribution is 2.51. The molecule has 0 fully saturated rings. The van der Waals surface area contributed by atoms with Crippen molar-refractivity contribution in [2.45, 2.75) is 12.0 Å². The van der Waals surface area contributed by atoms with Gasteiger partial charge in [-0.3, -0.25) is 0 Å². The maximum Gasteiger partial charge on any atom is 0.160 e. The van der Waals surface area contributed by atoms with Gasteiger partial charge in [0, 0.05) is 116 Å². The maximum atomic E-state index is 5.72. The van der Waals surface area contributed by atoms with Crippen LogP contribution in [-0.2, 0) is 0 Å². The summed E-state index contributed by atoms with van der Waals surface area (Å²) in [4.78, 5) is 13.8. The summed E-state index contributed by atoms with van der Waals surface area (Å²) in [6.07, 6.45) is 7.28. The monoisotopic (exact) mass is 1580 g/mol.